The molecule has 0 amide bonds. The Hall–Kier alpha value is -1.35. The van der Waals surface area contributed by atoms with Crippen molar-refractivity contribution in [1.29, 1.82) is 0 Å². The predicted octanol–water partition coefficient (Wildman–Crippen LogP) is 2.38. The Morgan fingerprint density at radius 3 is 3.07 bits per heavy atom. The summed E-state index contributed by atoms with van der Waals surface area (Å²) >= 11 is 0. The maximum Gasteiger partial charge on any atom is 0.0959 e. The molecule has 2 aromatic rings. The first kappa shape index (κ1) is 10.2. The number of aryl methyl sites for hydroxylation is 1. The van der Waals surface area contributed by atoms with Crippen LogP contribution in [0.2, 0.25) is 0 Å². The van der Waals surface area contributed by atoms with Crippen LogP contribution in [0.25, 0.3) is 11.0 Å². The highest BCUT2D eigenvalue weighted by Crippen LogP contribution is 2.14. The quantitative estimate of drug-likeness (QED) is 0.715. The van der Waals surface area contributed by atoms with E-state index in [1.54, 1.807) is 0 Å². The van der Waals surface area contributed by atoms with Crippen molar-refractivity contribution in [1.82, 2.24) is 9.55 Å². The van der Waals surface area contributed by atoms with Gasteiger partial charge in [0, 0.05) is 13.2 Å². The summed E-state index contributed by atoms with van der Waals surface area (Å²) in [5.74, 6) is 0. The van der Waals surface area contributed by atoms with Crippen LogP contribution in [-0.2, 0) is 11.3 Å². The maximum atomic E-state index is 5.33. The molecule has 0 saturated heterocycles. The van der Waals surface area contributed by atoms with Gasteiger partial charge >= 0.3 is 0 Å². The third kappa shape index (κ3) is 2.18. The Morgan fingerprint density at radius 1 is 1.40 bits per heavy atom. The minimum atomic E-state index is 0.746. The van der Waals surface area contributed by atoms with E-state index in [1.807, 2.05) is 13.3 Å². The van der Waals surface area contributed by atoms with Gasteiger partial charge in [-0.3, -0.25) is 0 Å². The molecule has 0 radical (unpaired) electrons. The summed E-state index contributed by atoms with van der Waals surface area (Å²) in [4.78, 5) is 4.37. The molecule has 2 rings (SSSR count). The Morgan fingerprint density at radius 2 is 2.27 bits per heavy atom. The molecule has 80 valence electrons. The molecule has 1 aromatic heterocycles. The van der Waals surface area contributed by atoms with E-state index in [-0.39, 0.29) is 0 Å². The number of nitrogens with zero attached hydrogens (tertiary/aromatic N) is 2. The van der Waals surface area contributed by atoms with E-state index in [0.717, 1.165) is 25.3 Å². The summed E-state index contributed by atoms with van der Waals surface area (Å²) < 4.78 is 7.46. The van der Waals surface area contributed by atoms with Gasteiger partial charge in [0.1, 0.15) is 0 Å². The molecular formula is C12H16N2O. The lowest BCUT2D eigenvalue weighted by Crippen LogP contribution is -2.04. The number of benzene rings is 1. The molecule has 0 aliphatic heterocycles. The molecule has 0 atom stereocenters. The number of imidazole rings is 1. The van der Waals surface area contributed by atoms with Crippen LogP contribution in [0.1, 0.15) is 12.5 Å². The van der Waals surface area contributed by atoms with Gasteiger partial charge in [0.05, 0.1) is 24.0 Å². The van der Waals surface area contributed by atoms with Gasteiger partial charge in [-0.1, -0.05) is 6.07 Å². The lowest BCUT2D eigenvalue weighted by molar-refractivity contribution is 0.140. The van der Waals surface area contributed by atoms with E-state index in [2.05, 4.69) is 34.7 Å². The molecule has 0 N–H and O–H groups in total. The fourth-order valence-electron chi connectivity index (χ4n) is 1.66. The second-order valence-electron chi connectivity index (χ2n) is 3.63. The van der Waals surface area contributed by atoms with Crippen LogP contribution in [-0.4, -0.2) is 22.8 Å². The number of hydrogen-bond acceptors (Lipinski definition) is 2. The van der Waals surface area contributed by atoms with Crippen molar-refractivity contribution in [3.8, 4) is 0 Å². The molecular weight excluding hydrogens is 188 g/mol. The highest BCUT2D eigenvalue weighted by molar-refractivity contribution is 5.75. The average molecular weight is 204 g/mol. The van der Waals surface area contributed by atoms with Crippen LogP contribution in [0.4, 0.5) is 0 Å². The second-order valence-corrected chi connectivity index (χ2v) is 3.63. The highest BCUT2D eigenvalue weighted by Gasteiger charge is 2.01. The number of aromatic nitrogens is 2. The summed E-state index contributed by atoms with van der Waals surface area (Å²) in [6, 6.07) is 6.33. The first-order chi connectivity index (χ1) is 7.31. The molecule has 0 unspecified atom stereocenters. The number of ether oxygens (including phenoxy) is 1. The van der Waals surface area contributed by atoms with Crippen molar-refractivity contribution in [2.75, 3.05) is 13.2 Å². The van der Waals surface area contributed by atoms with Crippen molar-refractivity contribution in [3.63, 3.8) is 0 Å². The molecule has 0 saturated carbocycles. The number of hydrogen-bond donors (Lipinski definition) is 0. The minimum absolute atomic E-state index is 0.746. The van der Waals surface area contributed by atoms with Crippen molar-refractivity contribution in [2.45, 2.75) is 20.4 Å². The maximum absolute atomic E-state index is 5.33. The van der Waals surface area contributed by atoms with E-state index in [4.69, 9.17) is 4.74 Å². The normalized spacial score (nSPS) is 11.1. The zero-order chi connectivity index (χ0) is 10.7. The van der Waals surface area contributed by atoms with Crippen LogP contribution >= 0.6 is 0 Å². The monoisotopic (exact) mass is 204 g/mol. The molecule has 15 heavy (non-hydrogen) atoms. The summed E-state index contributed by atoms with van der Waals surface area (Å²) in [6.45, 7) is 6.48. The third-order valence-corrected chi connectivity index (χ3v) is 2.46. The average Bonchev–Trinajstić information content (AvgIpc) is 2.61. The molecule has 0 aliphatic carbocycles. The van der Waals surface area contributed by atoms with Gasteiger partial charge in [-0.15, -0.1) is 0 Å². The molecule has 3 nitrogen and oxygen atoms in total. The predicted molar refractivity (Wildman–Crippen MR) is 61.0 cm³/mol. The van der Waals surface area contributed by atoms with Crippen molar-refractivity contribution < 1.29 is 4.74 Å². The third-order valence-electron chi connectivity index (χ3n) is 2.46. The second kappa shape index (κ2) is 4.45. The van der Waals surface area contributed by atoms with Gasteiger partial charge in [-0.25, -0.2) is 4.98 Å². The van der Waals surface area contributed by atoms with E-state index in [9.17, 15) is 0 Å². The Kier molecular flexibility index (Phi) is 3.02. The van der Waals surface area contributed by atoms with Crippen molar-refractivity contribution in [3.05, 3.63) is 30.1 Å². The molecule has 1 aromatic carbocycles. The largest absolute Gasteiger partial charge is 0.380 e. The lowest BCUT2D eigenvalue weighted by atomic mass is 10.2. The highest BCUT2D eigenvalue weighted by atomic mass is 16.5. The fourth-order valence-corrected chi connectivity index (χ4v) is 1.66. The first-order valence-corrected chi connectivity index (χ1v) is 5.30. The standard InChI is InChI=1S/C12H16N2O/c1-3-15-7-6-14-9-13-11-8-10(2)4-5-12(11)14/h4-5,8-9H,3,6-7H2,1-2H3. The fraction of sp³-hybridized carbons (Fsp3) is 0.417. The van der Waals surface area contributed by atoms with E-state index < -0.39 is 0 Å². The molecule has 0 spiro atoms. The van der Waals surface area contributed by atoms with E-state index >= 15 is 0 Å². The smallest absolute Gasteiger partial charge is 0.0959 e. The van der Waals surface area contributed by atoms with Crippen molar-refractivity contribution >= 4 is 11.0 Å². The van der Waals surface area contributed by atoms with Gasteiger partial charge < -0.3 is 9.30 Å². The zero-order valence-electron chi connectivity index (χ0n) is 9.23. The Bertz CT molecular complexity index is 448. The molecule has 1 heterocycles. The van der Waals surface area contributed by atoms with Gasteiger partial charge in [-0.05, 0) is 31.5 Å². The van der Waals surface area contributed by atoms with Crippen LogP contribution in [0.3, 0.4) is 0 Å². The molecule has 0 aliphatic rings. The SMILES string of the molecule is CCOCCn1cnc2cc(C)ccc21. The Labute approximate surface area is 89.7 Å². The first-order valence-electron chi connectivity index (χ1n) is 5.30. The summed E-state index contributed by atoms with van der Waals surface area (Å²) in [6.07, 6.45) is 1.88. The minimum Gasteiger partial charge on any atom is -0.380 e. The number of fused-ring (bicyclic) bond motifs is 1. The summed E-state index contributed by atoms with van der Waals surface area (Å²) in [5, 5.41) is 0. The molecule has 0 fully saturated rings. The van der Waals surface area contributed by atoms with E-state index in [1.165, 1.54) is 11.1 Å². The topological polar surface area (TPSA) is 27.1 Å². The molecule has 3 heteroatoms. The van der Waals surface area contributed by atoms with Crippen LogP contribution in [0, 0.1) is 6.92 Å². The van der Waals surface area contributed by atoms with Crippen LogP contribution in [0.5, 0.6) is 0 Å². The van der Waals surface area contributed by atoms with E-state index in [0.29, 0.717) is 0 Å². The van der Waals surface area contributed by atoms with Crippen LogP contribution < -0.4 is 0 Å². The van der Waals surface area contributed by atoms with Gasteiger partial charge in [0.2, 0.25) is 0 Å². The van der Waals surface area contributed by atoms with Crippen LogP contribution in [0.15, 0.2) is 24.5 Å². The van der Waals surface area contributed by atoms with Gasteiger partial charge in [0.15, 0.2) is 0 Å². The zero-order valence-corrected chi connectivity index (χ0v) is 9.23. The lowest BCUT2D eigenvalue weighted by Gasteiger charge is -2.04. The number of rotatable bonds is 4. The summed E-state index contributed by atoms with van der Waals surface area (Å²) in [7, 11) is 0. The Balaban J connectivity index is 2.21. The molecule has 0 bridgehead atoms. The van der Waals surface area contributed by atoms with Crippen molar-refractivity contribution in [2.24, 2.45) is 0 Å². The van der Waals surface area contributed by atoms with Gasteiger partial charge in [0.25, 0.3) is 0 Å². The summed E-state index contributed by atoms with van der Waals surface area (Å²) in [5.41, 5.74) is 3.49. The van der Waals surface area contributed by atoms with Gasteiger partial charge in [-0.2, -0.15) is 0 Å².